The SMILES string of the molecule is CC1C=Cc2nc(-c3ccc(-c4nc(-c5cccc(-c6ccc7ccccc7c6)c5)nc(-c5cccc(-c6ccc7ccccc7c6)c5)n4)cc3)sc2C1. The standard InChI is InChI=1S/C49H34N4S/c1-31-16-25-44-45(26-31)54-49(50-44)35-21-19-34(20-22-35)46-51-47(42-14-6-12-38(29-42)40-23-17-32-8-2-4-10-36(32)27-40)53-48(52-46)43-15-7-13-39(30-43)41-24-18-33-9-3-5-11-37(33)28-41/h2-25,27-31H,26H2,1H3. The summed E-state index contributed by atoms with van der Waals surface area (Å²) in [5, 5.41) is 5.91. The van der Waals surface area contributed by atoms with Gasteiger partial charge in [-0.1, -0.05) is 146 Å². The van der Waals surface area contributed by atoms with Crippen LogP contribution in [0, 0.1) is 5.92 Å². The first-order valence-electron chi connectivity index (χ1n) is 18.3. The second-order valence-corrected chi connectivity index (χ2v) is 15.1. The molecule has 0 saturated heterocycles. The smallest absolute Gasteiger partial charge is 0.164 e. The zero-order valence-corrected chi connectivity index (χ0v) is 30.5. The van der Waals surface area contributed by atoms with Gasteiger partial charge in [-0.3, -0.25) is 0 Å². The van der Waals surface area contributed by atoms with Crippen LogP contribution in [0.2, 0.25) is 0 Å². The predicted molar refractivity (Wildman–Crippen MR) is 225 cm³/mol. The fourth-order valence-corrected chi connectivity index (χ4v) is 8.51. The summed E-state index contributed by atoms with van der Waals surface area (Å²) in [6, 6.07) is 55.6. The first-order chi connectivity index (χ1) is 26.6. The molecule has 2 heterocycles. The molecular weight excluding hydrogens is 677 g/mol. The molecule has 1 atom stereocenters. The van der Waals surface area contributed by atoms with Gasteiger partial charge in [-0.05, 0) is 86.5 Å². The van der Waals surface area contributed by atoms with Crippen LogP contribution in [0.4, 0.5) is 0 Å². The van der Waals surface area contributed by atoms with E-state index >= 15 is 0 Å². The van der Waals surface area contributed by atoms with Gasteiger partial charge >= 0.3 is 0 Å². The van der Waals surface area contributed by atoms with E-state index in [1.165, 1.54) is 26.4 Å². The maximum atomic E-state index is 5.14. The van der Waals surface area contributed by atoms with Gasteiger partial charge in [-0.2, -0.15) is 0 Å². The summed E-state index contributed by atoms with van der Waals surface area (Å²) < 4.78 is 0. The van der Waals surface area contributed by atoms with Gasteiger partial charge in [-0.15, -0.1) is 11.3 Å². The van der Waals surface area contributed by atoms with Crippen LogP contribution in [0.1, 0.15) is 17.5 Å². The Bertz CT molecular complexity index is 2750. The van der Waals surface area contributed by atoms with Crippen LogP contribution in [-0.2, 0) is 6.42 Å². The summed E-state index contributed by atoms with van der Waals surface area (Å²) in [5.41, 5.74) is 9.51. The Labute approximate surface area is 318 Å². The summed E-state index contributed by atoms with van der Waals surface area (Å²) in [6.07, 6.45) is 5.46. The van der Waals surface area contributed by atoms with E-state index in [-0.39, 0.29) is 0 Å². The molecule has 54 heavy (non-hydrogen) atoms. The maximum Gasteiger partial charge on any atom is 0.164 e. The number of hydrogen-bond acceptors (Lipinski definition) is 5. The van der Waals surface area contributed by atoms with Crippen LogP contribution in [0.3, 0.4) is 0 Å². The van der Waals surface area contributed by atoms with Crippen molar-refractivity contribution in [1.82, 2.24) is 19.9 Å². The Hall–Kier alpha value is -6.56. The molecule has 0 amide bonds. The summed E-state index contributed by atoms with van der Waals surface area (Å²) in [4.78, 5) is 21.7. The van der Waals surface area contributed by atoms with Gasteiger partial charge in [0.05, 0.1) is 5.69 Å². The highest BCUT2D eigenvalue weighted by atomic mass is 32.1. The lowest BCUT2D eigenvalue weighted by molar-refractivity contribution is 0.725. The fourth-order valence-electron chi connectivity index (χ4n) is 7.32. The first-order valence-corrected chi connectivity index (χ1v) is 19.2. The monoisotopic (exact) mass is 710 g/mol. The van der Waals surface area contributed by atoms with Crippen molar-refractivity contribution in [2.45, 2.75) is 13.3 Å². The Morgan fingerprint density at radius 2 is 0.889 bits per heavy atom. The van der Waals surface area contributed by atoms with Gasteiger partial charge in [0.15, 0.2) is 17.5 Å². The van der Waals surface area contributed by atoms with Crippen molar-refractivity contribution < 1.29 is 0 Å². The van der Waals surface area contributed by atoms with Crippen LogP contribution in [0.15, 0.2) is 164 Å². The van der Waals surface area contributed by atoms with Crippen molar-refractivity contribution in [3.63, 3.8) is 0 Å². The summed E-state index contributed by atoms with van der Waals surface area (Å²) in [7, 11) is 0. The highest BCUT2D eigenvalue weighted by molar-refractivity contribution is 7.15. The van der Waals surface area contributed by atoms with E-state index < -0.39 is 0 Å². The summed E-state index contributed by atoms with van der Waals surface area (Å²) in [5.74, 6) is 2.43. The van der Waals surface area contributed by atoms with Crippen LogP contribution in [0.5, 0.6) is 0 Å². The maximum absolute atomic E-state index is 5.14. The predicted octanol–water partition coefficient (Wildman–Crippen LogP) is 12.8. The van der Waals surface area contributed by atoms with E-state index in [2.05, 4.69) is 177 Å². The van der Waals surface area contributed by atoms with Gasteiger partial charge < -0.3 is 0 Å². The summed E-state index contributed by atoms with van der Waals surface area (Å²) >= 11 is 1.79. The molecule has 1 aliphatic carbocycles. The minimum absolute atomic E-state index is 0.543. The normalized spacial score (nSPS) is 13.7. The molecule has 256 valence electrons. The van der Waals surface area contributed by atoms with Crippen molar-refractivity contribution in [1.29, 1.82) is 0 Å². The number of nitrogens with zero attached hydrogens (tertiary/aromatic N) is 4. The third-order valence-corrected chi connectivity index (χ3v) is 11.4. The number of hydrogen-bond donors (Lipinski definition) is 0. The topological polar surface area (TPSA) is 51.6 Å². The molecule has 0 bridgehead atoms. The molecule has 1 unspecified atom stereocenters. The van der Waals surface area contributed by atoms with Crippen LogP contribution >= 0.6 is 11.3 Å². The van der Waals surface area contributed by atoms with E-state index in [0.717, 1.165) is 61.6 Å². The van der Waals surface area contributed by atoms with Gasteiger partial charge in [0.25, 0.3) is 0 Å². The lowest BCUT2D eigenvalue weighted by Crippen LogP contribution is -2.00. The number of fused-ring (bicyclic) bond motifs is 3. The van der Waals surface area contributed by atoms with Crippen molar-refractivity contribution in [2.75, 3.05) is 0 Å². The van der Waals surface area contributed by atoms with Crippen molar-refractivity contribution in [3.05, 3.63) is 174 Å². The van der Waals surface area contributed by atoms with Crippen molar-refractivity contribution >= 4 is 39.0 Å². The second-order valence-electron chi connectivity index (χ2n) is 14.0. The van der Waals surface area contributed by atoms with Crippen molar-refractivity contribution in [2.24, 2.45) is 5.92 Å². The van der Waals surface area contributed by atoms with E-state index in [9.17, 15) is 0 Å². The lowest BCUT2D eigenvalue weighted by atomic mass is 9.99. The fraction of sp³-hybridized carbons (Fsp3) is 0.0612. The van der Waals surface area contributed by atoms with E-state index in [1.807, 2.05) is 0 Å². The Balaban J connectivity index is 1.06. The molecule has 0 N–H and O–H groups in total. The van der Waals surface area contributed by atoms with E-state index in [0.29, 0.717) is 23.4 Å². The molecule has 9 aromatic rings. The molecule has 0 saturated carbocycles. The third-order valence-electron chi connectivity index (χ3n) is 10.3. The zero-order valence-electron chi connectivity index (χ0n) is 29.6. The van der Waals surface area contributed by atoms with Crippen LogP contribution < -0.4 is 0 Å². The molecule has 2 aromatic heterocycles. The largest absolute Gasteiger partial charge is 0.236 e. The number of aromatic nitrogens is 4. The van der Waals surface area contributed by atoms with Gasteiger partial charge in [0, 0.05) is 27.1 Å². The number of benzene rings is 7. The minimum atomic E-state index is 0.543. The van der Waals surface area contributed by atoms with Gasteiger partial charge in [0.1, 0.15) is 5.01 Å². The number of allylic oxidation sites excluding steroid dienone is 1. The van der Waals surface area contributed by atoms with Gasteiger partial charge in [-0.25, -0.2) is 19.9 Å². The summed E-state index contributed by atoms with van der Waals surface area (Å²) in [6.45, 7) is 2.25. The van der Waals surface area contributed by atoms with E-state index in [4.69, 9.17) is 19.9 Å². The molecule has 10 rings (SSSR count). The molecule has 5 heteroatoms. The van der Waals surface area contributed by atoms with Crippen LogP contribution in [0.25, 0.3) is 94.6 Å². The van der Waals surface area contributed by atoms with Gasteiger partial charge in [0.2, 0.25) is 0 Å². The minimum Gasteiger partial charge on any atom is -0.236 e. The average Bonchev–Trinajstić information content (AvgIpc) is 3.67. The highest BCUT2D eigenvalue weighted by Crippen LogP contribution is 2.35. The average molecular weight is 711 g/mol. The molecule has 1 aliphatic rings. The molecule has 7 aromatic carbocycles. The number of rotatable bonds is 6. The Morgan fingerprint density at radius 1 is 0.426 bits per heavy atom. The highest BCUT2D eigenvalue weighted by Gasteiger charge is 2.18. The third kappa shape index (κ3) is 6.19. The Kier molecular flexibility index (Phi) is 8.00. The van der Waals surface area contributed by atoms with Crippen molar-refractivity contribution in [3.8, 4) is 67.0 Å². The number of thiazole rings is 1. The molecule has 0 spiro atoms. The first kappa shape index (κ1) is 32.1. The quantitative estimate of drug-likeness (QED) is 0.172. The molecular formula is C49H34N4S. The van der Waals surface area contributed by atoms with Crippen LogP contribution in [-0.4, -0.2) is 19.9 Å². The Morgan fingerprint density at radius 3 is 1.46 bits per heavy atom. The second kappa shape index (κ2) is 13.4. The van der Waals surface area contributed by atoms with E-state index in [1.54, 1.807) is 11.3 Å². The lowest BCUT2D eigenvalue weighted by Gasteiger charge is -2.11. The zero-order chi connectivity index (χ0) is 36.0. The molecule has 4 nitrogen and oxygen atoms in total. The molecule has 0 fully saturated rings. The molecule has 0 aliphatic heterocycles. The molecule has 0 radical (unpaired) electrons.